The standard InChI is InChI=1S/C12H8ClFN2O2/c1-6-2-7(4-8(14)3-6)11-15-5-9(13)10(16-11)12(17)18/h2-5H,1H3,(H,17,18). The van der Waals surface area contributed by atoms with Gasteiger partial charge in [-0.15, -0.1) is 0 Å². The first-order valence-electron chi connectivity index (χ1n) is 5.01. The first-order chi connectivity index (χ1) is 8.47. The van der Waals surface area contributed by atoms with Crippen LogP contribution in [-0.4, -0.2) is 21.0 Å². The molecule has 2 rings (SSSR count). The minimum Gasteiger partial charge on any atom is -0.476 e. The van der Waals surface area contributed by atoms with Gasteiger partial charge in [-0.05, 0) is 30.7 Å². The third-order valence-electron chi connectivity index (χ3n) is 2.25. The maximum atomic E-state index is 13.3. The van der Waals surface area contributed by atoms with Gasteiger partial charge in [0.1, 0.15) is 5.82 Å². The molecule has 0 aliphatic carbocycles. The van der Waals surface area contributed by atoms with Gasteiger partial charge < -0.3 is 5.11 Å². The van der Waals surface area contributed by atoms with E-state index < -0.39 is 11.8 Å². The summed E-state index contributed by atoms with van der Waals surface area (Å²) in [6.45, 7) is 1.72. The van der Waals surface area contributed by atoms with Crippen molar-refractivity contribution in [2.75, 3.05) is 0 Å². The van der Waals surface area contributed by atoms with Crippen molar-refractivity contribution in [1.29, 1.82) is 0 Å². The maximum Gasteiger partial charge on any atom is 0.356 e. The summed E-state index contributed by atoms with van der Waals surface area (Å²) in [6, 6.07) is 4.26. The van der Waals surface area contributed by atoms with Crippen molar-refractivity contribution in [3.63, 3.8) is 0 Å². The van der Waals surface area contributed by atoms with Crippen LogP contribution in [0, 0.1) is 12.7 Å². The highest BCUT2D eigenvalue weighted by Crippen LogP contribution is 2.21. The average Bonchev–Trinajstić information content (AvgIpc) is 2.27. The average molecular weight is 267 g/mol. The molecule has 1 aromatic heterocycles. The number of aromatic nitrogens is 2. The zero-order valence-electron chi connectivity index (χ0n) is 9.32. The van der Waals surface area contributed by atoms with Crippen molar-refractivity contribution >= 4 is 17.6 Å². The first-order valence-corrected chi connectivity index (χ1v) is 5.38. The highest BCUT2D eigenvalue weighted by atomic mass is 35.5. The zero-order valence-corrected chi connectivity index (χ0v) is 10.1. The van der Waals surface area contributed by atoms with Gasteiger partial charge in [0.15, 0.2) is 11.5 Å². The van der Waals surface area contributed by atoms with Gasteiger partial charge in [0.2, 0.25) is 0 Å². The number of halogens is 2. The largest absolute Gasteiger partial charge is 0.476 e. The Morgan fingerprint density at radius 2 is 2.11 bits per heavy atom. The molecule has 1 aromatic carbocycles. The number of nitrogens with zero attached hydrogens (tertiary/aromatic N) is 2. The molecule has 0 fully saturated rings. The fourth-order valence-electron chi connectivity index (χ4n) is 1.52. The lowest BCUT2D eigenvalue weighted by atomic mass is 10.1. The van der Waals surface area contributed by atoms with Gasteiger partial charge in [0.25, 0.3) is 0 Å². The quantitative estimate of drug-likeness (QED) is 0.908. The van der Waals surface area contributed by atoms with Crippen molar-refractivity contribution < 1.29 is 14.3 Å². The van der Waals surface area contributed by atoms with Gasteiger partial charge in [-0.3, -0.25) is 0 Å². The van der Waals surface area contributed by atoms with E-state index in [1.807, 2.05) is 0 Å². The van der Waals surface area contributed by atoms with Crippen LogP contribution in [0.2, 0.25) is 5.02 Å². The summed E-state index contributed by atoms with van der Waals surface area (Å²) in [5.74, 6) is -1.56. The van der Waals surface area contributed by atoms with E-state index in [1.165, 1.54) is 18.3 Å². The number of carboxylic acid groups (broad SMARTS) is 1. The van der Waals surface area contributed by atoms with Crippen molar-refractivity contribution in [2.24, 2.45) is 0 Å². The monoisotopic (exact) mass is 266 g/mol. The van der Waals surface area contributed by atoms with Crippen LogP contribution in [0.15, 0.2) is 24.4 Å². The van der Waals surface area contributed by atoms with Gasteiger partial charge in [-0.1, -0.05) is 11.6 Å². The number of aryl methyl sites for hydroxylation is 1. The van der Waals surface area contributed by atoms with Gasteiger partial charge in [0, 0.05) is 5.56 Å². The highest BCUT2D eigenvalue weighted by molar-refractivity contribution is 6.33. The molecule has 0 spiro atoms. The van der Waals surface area contributed by atoms with Crippen molar-refractivity contribution in [3.8, 4) is 11.4 Å². The van der Waals surface area contributed by atoms with Crippen LogP contribution >= 0.6 is 11.6 Å². The Balaban J connectivity index is 2.57. The Morgan fingerprint density at radius 1 is 1.39 bits per heavy atom. The van der Waals surface area contributed by atoms with Gasteiger partial charge in [-0.2, -0.15) is 0 Å². The van der Waals surface area contributed by atoms with Crippen LogP contribution in [0.4, 0.5) is 4.39 Å². The molecule has 18 heavy (non-hydrogen) atoms. The van der Waals surface area contributed by atoms with Gasteiger partial charge in [-0.25, -0.2) is 19.2 Å². The molecule has 0 saturated carbocycles. The lowest BCUT2D eigenvalue weighted by Crippen LogP contribution is -2.04. The SMILES string of the molecule is Cc1cc(F)cc(-c2ncc(Cl)c(C(=O)O)n2)c1. The lowest BCUT2D eigenvalue weighted by molar-refractivity contribution is 0.0690. The van der Waals surface area contributed by atoms with Gasteiger partial charge in [0.05, 0.1) is 11.2 Å². The normalized spacial score (nSPS) is 10.4. The minimum absolute atomic E-state index is 0.0561. The maximum absolute atomic E-state index is 13.3. The summed E-state index contributed by atoms with van der Waals surface area (Å²) in [5.41, 5.74) is 0.802. The molecular formula is C12H8ClFN2O2. The second kappa shape index (κ2) is 4.70. The Bertz CT molecular complexity index is 611. The van der Waals surface area contributed by atoms with Crippen molar-refractivity contribution in [3.05, 3.63) is 46.5 Å². The Hall–Kier alpha value is -2.01. The van der Waals surface area contributed by atoms with E-state index in [0.29, 0.717) is 11.1 Å². The Morgan fingerprint density at radius 3 is 2.72 bits per heavy atom. The fourth-order valence-corrected chi connectivity index (χ4v) is 1.69. The van der Waals surface area contributed by atoms with Crippen molar-refractivity contribution in [2.45, 2.75) is 6.92 Å². The molecular weight excluding hydrogens is 259 g/mol. The number of carboxylic acids is 1. The molecule has 2 aromatic rings. The van der Waals surface area contributed by atoms with Crippen LogP contribution in [-0.2, 0) is 0 Å². The molecule has 4 nitrogen and oxygen atoms in total. The predicted molar refractivity (Wildman–Crippen MR) is 64.1 cm³/mol. The Kier molecular flexibility index (Phi) is 3.25. The van der Waals surface area contributed by atoms with E-state index in [9.17, 15) is 9.18 Å². The molecule has 92 valence electrons. The molecule has 0 unspecified atom stereocenters. The number of aromatic carboxylic acids is 1. The summed E-state index contributed by atoms with van der Waals surface area (Å²) < 4.78 is 13.3. The van der Waals surface area contributed by atoms with Crippen molar-refractivity contribution in [1.82, 2.24) is 9.97 Å². The number of hydrogen-bond acceptors (Lipinski definition) is 3. The van der Waals surface area contributed by atoms with Crippen LogP contribution < -0.4 is 0 Å². The van der Waals surface area contributed by atoms with Crippen LogP contribution in [0.1, 0.15) is 16.1 Å². The van der Waals surface area contributed by atoms with E-state index in [-0.39, 0.29) is 16.5 Å². The molecule has 0 aliphatic rings. The number of benzene rings is 1. The number of hydrogen-bond donors (Lipinski definition) is 1. The molecule has 0 aliphatic heterocycles. The zero-order chi connectivity index (χ0) is 13.3. The first kappa shape index (κ1) is 12.4. The van der Waals surface area contributed by atoms with Crippen LogP contribution in [0.25, 0.3) is 11.4 Å². The summed E-state index contributed by atoms with van der Waals surface area (Å²) in [5, 5.41) is 8.84. The molecule has 6 heteroatoms. The highest BCUT2D eigenvalue weighted by Gasteiger charge is 2.14. The lowest BCUT2D eigenvalue weighted by Gasteiger charge is -2.04. The van der Waals surface area contributed by atoms with E-state index in [4.69, 9.17) is 16.7 Å². The molecule has 1 heterocycles. The van der Waals surface area contributed by atoms with Crippen LogP contribution in [0.3, 0.4) is 0 Å². The number of carbonyl (C=O) groups is 1. The summed E-state index contributed by atoms with van der Waals surface area (Å²) in [7, 11) is 0. The van der Waals surface area contributed by atoms with E-state index in [0.717, 1.165) is 0 Å². The second-order valence-corrected chi connectivity index (χ2v) is 4.12. The van der Waals surface area contributed by atoms with E-state index in [1.54, 1.807) is 13.0 Å². The topological polar surface area (TPSA) is 63.1 Å². The molecule has 0 saturated heterocycles. The summed E-state index contributed by atoms with van der Waals surface area (Å²) >= 11 is 5.66. The third kappa shape index (κ3) is 2.46. The second-order valence-electron chi connectivity index (χ2n) is 3.71. The molecule has 0 atom stereocenters. The molecule has 1 N–H and O–H groups in total. The third-order valence-corrected chi connectivity index (χ3v) is 2.52. The minimum atomic E-state index is -1.25. The Labute approximate surface area is 107 Å². The number of rotatable bonds is 2. The fraction of sp³-hybridized carbons (Fsp3) is 0.0833. The molecule has 0 radical (unpaired) electrons. The van der Waals surface area contributed by atoms with E-state index in [2.05, 4.69) is 9.97 Å². The molecule has 0 bridgehead atoms. The van der Waals surface area contributed by atoms with Gasteiger partial charge >= 0.3 is 5.97 Å². The predicted octanol–water partition coefficient (Wildman–Crippen LogP) is 2.94. The van der Waals surface area contributed by atoms with Crippen LogP contribution in [0.5, 0.6) is 0 Å². The summed E-state index contributed by atoms with van der Waals surface area (Å²) in [4.78, 5) is 18.6. The summed E-state index contributed by atoms with van der Waals surface area (Å²) in [6.07, 6.45) is 1.19. The smallest absolute Gasteiger partial charge is 0.356 e. The van der Waals surface area contributed by atoms with E-state index >= 15 is 0 Å². The molecule has 0 amide bonds.